The van der Waals surface area contributed by atoms with Crippen LogP contribution in [0.3, 0.4) is 0 Å². The number of amides is 1. The number of unbranched alkanes of at least 4 members (excludes halogenated alkanes) is 3. The molecule has 1 fully saturated rings. The van der Waals surface area contributed by atoms with Crippen molar-refractivity contribution in [2.45, 2.75) is 65.0 Å². The third kappa shape index (κ3) is 6.07. The molecule has 0 saturated carbocycles. The standard InChI is InChI=1S/C25H32N6O6/c1-3-37-20(32)8-6-4-5-7-10-31-19-13-17(26-16-9-11-30(14-16)25(35)36)15(2)12-18(19)27-21-22(31)28-24(34)29-23(21)33/h12-13,16,26H,3-11,14H2,1-2H3,(H,35,36)(H,29,33,34)/t16-/m0/s1. The topological polar surface area (TPSA) is 160 Å². The molecular formula is C25H32N6O6. The number of benzene rings is 1. The van der Waals surface area contributed by atoms with E-state index in [4.69, 9.17) is 4.74 Å². The molecule has 0 radical (unpaired) electrons. The van der Waals surface area contributed by atoms with E-state index in [1.54, 1.807) is 6.92 Å². The van der Waals surface area contributed by atoms with Crippen LogP contribution >= 0.6 is 0 Å². The number of nitrogens with one attached hydrogen (secondary N) is 2. The minimum absolute atomic E-state index is 0.0253. The van der Waals surface area contributed by atoms with E-state index >= 15 is 0 Å². The number of anilines is 1. The van der Waals surface area contributed by atoms with Crippen LogP contribution in [-0.2, 0) is 16.1 Å². The van der Waals surface area contributed by atoms with Crippen LogP contribution in [0.1, 0.15) is 51.0 Å². The Morgan fingerprint density at radius 1 is 1.19 bits per heavy atom. The average Bonchev–Trinajstić information content (AvgIpc) is 3.31. The van der Waals surface area contributed by atoms with Crippen LogP contribution in [0.25, 0.3) is 22.6 Å². The van der Waals surface area contributed by atoms with Gasteiger partial charge in [-0.3, -0.25) is 14.6 Å². The molecule has 198 valence electrons. The van der Waals surface area contributed by atoms with Gasteiger partial charge in [-0.05, 0) is 50.8 Å². The first-order chi connectivity index (χ1) is 17.8. The lowest BCUT2D eigenvalue weighted by atomic mass is 10.1. The number of carboxylic acid groups (broad SMARTS) is 1. The molecule has 1 aromatic carbocycles. The summed E-state index contributed by atoms with van der Waals surface area (Å²) in [4.78, 5) is 59.6. The highest BCUT2D eigenvalue weighted by atomic mass is 16.5. The van der Waals surface area contributed by atoms with Gasteiger partial charge in [-0.2, -0.15) is 4.98 Å². The highest BCUT2D eigenvalue weighted by Crippen LogP contribution is 2.28. The van der Waals surface area contributed by atoms with Gasteiger partial charge in [-0.1, -0.05) is 12.8 Å². The Kier molecular flexibility index (Phi) is 8.04. The Bertz CT molecular complexity index is 1380. The van der Waals surface area contributed by atoms with Crippen LogP contribution < -0.4 is 16.6 Å². The summed E-state index contributed by atoms with van der Waals surface area (Å²) < 4.78 is 6.81. The highest BCUT2D eigenvalue weighted by Gasteiger charge is 2.26. The lowest BCUT2D eigenvalue weighted by molar-refractivity contribution is -0.143. The number of hydrogen-bond acceptors (Lipinski definition) is 8. The lowest BCUT2D eigenvalue weighted by Gasteiger charge is -2.20. The van der Waals surface area contributed by atoms with Gasteiger partial charge in [0.25, 0.3) is 5.56 Å². The molecule has 3 aliphatic heterocycles. The van der Waals surface area contributed by atoms with E-state index in [0.717, 1.165) is 42.5 Å². The van der Waals surface area contributed by atoms with Crippen LogP contribution in [-0.4, -0.2) is 67.3 Å². The first-order valence-electron chi connectivity index (χ1n) is 12.6. The SMILES string of the molecule is CCOC(=O)CCCCCCn1c2nc(=O)[nH]c(=O)c-2nc2cc(C)c(N[C@H]3CCN(C(=O)O)C3)cc21. The summed E-state index contributed by atoms with van der Waals surface area (Å²) >= 11 is 0. The number of fused-ring (bicyclic) bond motifs is 2. The number of ether oxygens (including phenoxy) is 1. The smallest absolute Gasteiger partial charge is 0.407 e. The van der Waals surface area contributed by atoms with Crippen molar-refractivity contribution in [1.82, 2.24) is 24.4 Å². The Hall–Kier alpha value is -3.96. The second-order valence-electron chi connectivity index (χ2n) is 9.29. The van der Waals surface area contributed by atoms with Crippen molar-refractivity contribution in [3.63, 3.8) is 0 Å². The maximum Gasteiger partial charge on any atom is 0.407 e. The van der Waals surface area contributed by atoms with Crippen LogP contribution in [0.4, 0.5) is 10.5 Å². The number of esters is 1. The van der Waals surface area contributed by atoms with E-state index in [0.29, 0.717) is 44.6 Å². The summed E-state index contributed by atoms with van der Waals surface area (Å²) in [5, 5.41) is 12.7. The maximum atomic E-state index is 12.5. The maximum absolute atomic E-state index is 12.5. The number of rotatable bonds is 10. The summed E-state index contributed by atoms with van der Waals surface area (Å²) in [6, 6.07) is 3.78. The molecular weight excluding hydrogens is 480 g/mol. The monoisotopic (exact) mass is 512 g/mol. The highest BCUT2D eigenvalue weighted by molar-refractivity contribution is 5.84. The van der Waals surface area contributed by atoms with E-state index in [1.807, 2.05) is 23.6 Å². The first kappa shape index (κ1) is 26.1. The first-order valence-corrected chi connectivity index (χ1v) is 12.6. The second kappa shape index (κ2) is 11.4. The third-order valence-electron chi connectivity index (χ3n) is 6.59. The number of aromatic nitrogens is 4. The van der Waals surface area contributed by atoms with Crippen molar-refractivity contribution < 1.29 is 19.4 Å². The number of aryl methyl sites for hydroxylation is 2. The molecule has 1 atom stereocenters. The lowest BCUT2D eigenvalue weighted by Crippen LogP contribution is -2.30. The van der Waals surface area contributed by atoms with Gasteiger partial charge in [0.1, 0.15) is 0 Å². The van der Waals surface area contributed by atoms with Gasteiger partial charge in [0.2, 0.25) is 0 Å². The summed E-state index contributed by atoms with van der Waals surface area (Å²) in [6.45, 7) is 5.45. The average molecular weight is 513 g/mol. The molecule has 1 aromatic rings. The van der Waals surface area contributed by atoms with E-state index in [2.05, 4.69) is 20.3 Å². The van der Waals surface area contributed by atoms with Crippen LogP contribution in [0.2, 0.25) is 0 Å². The Morgan fingerprint density at radius 2 is 1.97 bits per heavy atom. The number of carbonyl (C=O) groups excluding carboxylic acids is 1. The normalized spacial score (nSPS) is 15.4. The predicted molar refractivity (Wildman–Crippen MR) is 137 cm³/mol. The van der Waals surface area contributed by atoms with Crippen molar-refractivity contribution in [1.29, 1.82) is 0 Å². The van der Waals surface area contributed by atoms with Crippen molar-refractivity contribution in [2.24, 2.45) is 0 Å². The molecule has 1 saturated heterocycles. The van der Waals surface area contributed by atoms with Gasteiger partial charge < -0.3 is 24.6 Å². The molecule has 37 heavy (non-hydrogen) atoms. The number of carbonyl (C=O) groups is 2. The van der Waals surface area contributed by atoms with E-state index in [9.17, 15) is 24.3 Å². The number of likely N-dealkylation sites (tertiary alicyclic amines) is 1. The zero-order chi connectivity index (χ0) is 26.5. The summed E-state index contributed by atoms with van der Waals surface area (Å²) in [7, 11) is 0. The molecule has 0 aromatic heterocycles. The molecule has 3 heterocycles. The van der Waals surface area contributed by atoms with E-state index < -0.39 is 17.3 Å². The van der Waals surface area contributed by atoms with Gasteiger partial charge in [-0.25, -0.2) is 14.6 Å². The largest absolute Gasteiger partial charge is 0.466 e. The molecule has 0 unspecified atom stereocenters. The Morgan fingerprint density at radius 3 is 2.70 bits per heavy atom. The molecule has 3 N–H and O–H groups in total. The summed E-state index contributed by atoms with van der Waals surface area (Å²) in [5.74, 6) is 0.0269. The van der Waals surface area contributed by atoms with Crippen molar-refractivity contribution >= 4 is 28.8 Å². The Labute approximate surface area is 213 Å². The van der Waals surface area contributed by atoms with Gasteiger partial charge in [0, 0.05) is 37.8 Å². The van der Waals surface area contributed by atoms with Crippen molar-refractivity contribution in [3.05, 3.63) is 38.5 Å². The fourth-order valence-corrected chi connectivity index (χ4v) is 4.73. The summed E-state index contributed by atoms with van der Waals surface area (Å²) in [6.07, 6.45) is 3.31. The molecule has 0 aliphatic carbocycles. The minimum Gasteiger partial charge on any atom is -0.466 e. The molecule has 1 amide bonds. The molecule has 3 aliphatic rings. The van der Waals surface area contributed by atoms with Crippen molar-refractivity contribution in [2.75, 3.05) is 25.0 Å². The van der Waals surface area contributed by atoms with Crippen molar-refractivity contribution in [3.8, 4) is 11.5 Å². The molecule has 0 spiro atoms. The van der Waals surface area contributed by atoms with Gasteiger partial charge in [-0.15, -0.1) is 0 Å². The van der Waals surface area contributed by atoms with Gasteiger partial charge in [0.05, 0.1) is 17.6 Å². The molecule has 12 nitrogen and oxygen atoms in total. The quantitative estimate of drug-likeness (QED) is 0.211. The van der Waals surface area contributed by atoms with E-state index in [-0.39, 0.29) is 23.5 Å². The third-order valence-corrected chi connectivity index (χ3v) is 6.59. The molecule has 12 heteroatoms. The van der Waals surface area contributed by atoms with Gasteiger partial charge >= 0.3 is 17.8 Å². The van der Waals surface area contributed by atoms with Gasteiger partial charge in [0.15, 0.2) is 11.5 Å². The number of hydrogen-bond donors (Lipinski definition) is 3. The fraction of sp³-hybridized carbons (Fsp3) is 0.520. The molecule has 0 bridgehead atoms. The van der Waals surface area contributed by atoms with Crippen LogP contribution in [0.15, 0.2) is 21.7 Å². The second-order valence-corrected chi connectivity index (χ2v) is 9.29. The van der Waals surface area contributed by atoms with Crippen LogP contribution in [0.5, 0.6) is 0 Å². The zero-order valence-electron chi connectivity index (χ0n) is 21.1. The Balaban J connectivity index is 1.60. The predicted octanol–water partition coefficient (Wildman–Crippen LogP) is 2.57. The molecule has 4 rings (SSSR count). The number of nitrogens with zero attached hydrogens (tertiary/aromatic N) is 4. The zero-order valence-corrected chi connectivity index (χ0v) is 21.1. The fourth-order valence-electron chi connectivity index (χ4n) is 4.73. The van der Waals surface area contributed by atoms with E-state index in [1.165, 1.54) is 4.90 Å². The number of H-pyrrole nitrogens is 1. The number of aromatic amines is 1. The minimum atomic E-state index is -0.931. The van der Waals surface area contributed by atoms with Crippen LogP contribution in [0, 0.1) is 6.92 Å². The summed E-state index contributed by atoms with van der Waals surface area (Å²) in [5.41, 5.74) is 1.85.